The number of benzene rings is 2. The van der Waals surface area contributed by atoms with Crippen molar-refractivity contribution in [2.45, 2.75) is 0 Å². The van der Waals surface area contributed by atoms with Crippen LogP contribution in [0, 0.1) is 11.6 Å². The second-order valence-electron chi connectivity index (χ2n) is 4.40. The summed E-state index contributed by atoms with van der Waals surface area (Å²) in [5, 5.41) is 1.93. The molecule has 2 aromatic carbocycles. The molecule has 6 heteroatoms. The average Bonchev–Trinajstić information content (AvgIpc) is 2.45. The Morgan fingerprint density at radius 2 is 1.67 bits per heavy atom. The van der Waals surface area contributed by atoms with E-state index in [1.165, 1.54) is 0 Å². The molecule has 0 aliphatic carbocycles. The highest BCUT2D eigenvalue weighted by Crippen LogP contribution is 2.28. The molecule has 0 bridgehead atoms. The number of pyridine rings is 1. The third-order valence-corrected chi connectivity index (χ3v) is 3.41. The number of nitrogen functional groups attached to an aromatic ring is 1. The number of hydrogen-bond acceptors (Lipinski definition) is 3. The van der Waals surface area contributed by atoms with E-state index in [1.807, 2.05) is 24.3 Å². The Morgan fingerprint density at radius 3 is 2.48 bits per heavy atom. The predicted octanol–water partition coefficient (Wildman–Crippen LogP) is 4.65. The molecule has 106 valence electrons. The Labute approximate surface area is 127 Å². The Morgan fingerprint density at radius 1 is 0.952 bits per heavy atom. The monoisotopic (exact) mass is 350 g/mol. The lowest BCUT2D eigenvalue weighted by molar-refractivity contribution is 0.419. The normalized spacial score (nSPS) is 10.8. The molecule has 0 aliphatic rings. The van der Waals surface area contributed by atoms with E-state index in [0.717, 1.165) is 15.2 Å². The highest BCUT2D eigenvalue weighted by Gasteiger charge is 2.12. The molecule has 3 rings (SSSR count). The second-order valence-corrected chi connectivity index (χ2v) is 5.31. The molecule has 0 saturated heterocycles. The van der Waals surface area contributed by atoms with E-state index in [4.69, 9.17) is 10.5 Å². The van der Waals surface area contributed by atoms with Gasteiger partial charge in [-0.2, -0.15) is 4.98 Å². The molecule has 0 aliphatic heterocycles. The number of rotatable bonds is 2. The number of ether oxygens (including phenoxy) is 1. The van der Waals surface area contributed by atoms with E-state index in [1.54, 1.807) is 12.1 Å². The summed E-state index contributed by atoms with van der Waals surface area (Å²) in [7, 11) is 0. The minimum atomic E-state index is -0.914. The zero-order valence-electron chi connectivity index (χ0n) is 10.6. The van der Waals surface area contributed by atoms with Crippen molar-refractivity contribution in [3.8, 4) is 11.6 Å². The highest BCUT2D eigenvalue weighted by atomic mass is 79.9. The van der Waals surface area contributed by atoms with Crippen LogP contribution in [0.25, 0.3) is 10.8 Å². The van der Waals surface area contributed by atoms with Crippen LogP contribution in [0.2, 0.25) is 0 Å². The summed E-state index contributed by atoms with van der Waals surface area (Å²) < 4.78 is 33.0. The predicted molar refractivity (Wildman–Crippen MR) is 80.3 cm³/mol. The summed E-state index contributed by atoms with van der Waals surface area (Å²) in [6.07, 6.45) is 0. The first-order valence-corrected chi connectivity index (χ1v) is 6.81. The Bertz CT molecular complexity index is 839. The molecule has 0 fully saturated rings. The van der Waals surface area contributed by atoms with Crippen LogP contribution >= 0.6 is 15.9 Å². The maximum Gasteiger partial charge on any atom is 0.258 e. The third kappa shape index (κ3) is 2.80. The van der Waals surface area contributed by atoms with E-state index >= 15 is 0 Å². The third-order valence-electron chi connectivity index (χ3n) is 2.91. The first-order chi connectivity index (χ1) is 10.0. The van der Waals surface area contributed by atoms with Gasteiger partial charge in [-0.1, -0.05) is 28.1 Å². The topological polar surface area (TPSA) is 48.1 Å². The minimum absolute atomic E-state index is 0.356. The van der Waals surface area contributed by atoms with Gasteiger partial charge in [-0.05, 0) is 35.0 Å². The summed E-state index contributed by atoms with van der Waals surface area (Å²) in [6.45, 7) is 0. The Hall–Kier alpha value is -2.21. The van der Waals surface area contributed by atoms with Gasteiger partial charge in [0.15, 0.2) is 17.5 Å². The van der Waals surface area contributed by atoms with Crippen molar-refractivity contribution in [2.75, 3.05) is 5.73 Å². The SMILES string of the molecule is Nc1nc(Oc2ccc3cc(Br)ccc3c2)c(F)cc1F. The van der Waals surface area contributed by atoms with Crippen LogP contribution in [-0.4, -0.2) is 4.98 Å². The maximum atomic E-state index is 13.6. The van der Waals surface area contributed by atoms with E-state index in [0.29, 0.717) is 11.8 Å². The highest BCUT2D eigenvalue weighted by molar-refractivity contribution is 9.10. The number of nitrogens with two attached hydrogens (primary N) is 1. The molecule has 21 heavy (non-hydrogen) atoms. The molecule has 1 aromatic heterocycles. The van der Waals surface area contributed by atoms with Crippen molar-refractivity contribution in [1.82, 2.24) is 4.98 Å². The van der Waals surface area contributed by atoms with E-state index in [-0.39, 0.29) is 5.88 Å². The van der Waals surface area contributed by atoms with Gasteiger partial charge in [0, 0.05) is 10.5 Å². The number of aromatic nitrogens is 1. The van der Waals surface area contributed by atoms with Crippen LogP contribution in [0.4, 0.5) is 14.6 Å². The molecule has 1 heterocycles. The van der Waals surface area contributed by atoms with Crippen LogP contribution in [0.1, 0.15) is 0 Å². The summed E-state index contributed by atoms with van der Waals surface area (Å²) in [6, 6.07) is 11.6. The number of fused-ring (bicyclic) bond motifs is 1. The number of halogens is 3. The number of nitrogens with zero attached hydrogens (tertiary/aromatic N) is 1. The molecule has 2 N–H and O–H groups in total. The summed E-state index contributed by atoms with van der Waals surface area (Å²) >= 11 is 3.39. The van der Waals surface area contributed by atoms with Crippen LogP contribution in [0.5, 0.6) is 11.6 Å². The van der Waals surface area contributed by atoms with Gasteiger partial charge in [0.25, 0.3) is 5.88 Å². The fourth-order valence-corrected chi connectivity index (χ4v) is 2.28. The fourth-order valence-electron chi connectivity index (χ4n) is 1.90. The van der Waals surface area contributed by atoms with Crippen LogP contribution in [0.3, 0.4) is 0 Å². The van der Waals surface area contributed by atoms with Crippen LogP contribution in [0.15, 0.2) is 46.9 Å². The molecule has 0 atom stereocenters. The van der Waals surface area contributed by atoms with Gasteiger partial charge in [0.05, 0.1) is 0 Å². The first kappa shape index (κ1) is 13.8. The quantitative estimate of drug-likeness (QED) is 0.731. The Kier molecular flexibility index (Phi) is 3.47. The van der Waals surface area contributed by atoms with Crippen molar-refractivity contribution in [2.24, 2.45) is 0 Å². The summed E-state index contributed by atoms with van der Waals surface area (Å²) in [5.74, 6) is -2.19. The largest absolute Gasteiger partial charge is 0.436 e. The van der Waals surface area contributed by atoms with Crippen LogP contribution < -0.4 is 10.5 Å². The molecule has 0 saturated carbocycles. The van der Waals surface area contributed by atoms with Crippen molar-refractivity contribution >= 4 is 32.5 Å². The van der Waals surface area contributed by atoms with E-state index in [9.17, 15) is 8.78 Å². The van der Waals surface area contributed by atoms with Crippen LogP contribution in [-0.2, 0) is 0 Å². The summed E-state index contributed by atoms with van der Waals surface area (Å²) in [4.78, 5) is 3.56. The molecule has 0 spiro atoms. The maximum absolute atomic E-state index is 13.6. The molecule has 0 radical (unpaired) electrons. The average molecular weight is 351 g/mol. The standard InChI is InChI=1S/C15H9BrF2N2O/c16-10-3-1-9-6-11(4-2-8(9)5-10)21-15-13(18)7-12(17)14(19)20-15/h1-7H,(H2,19,20). The zero-order valence-corrected chi connectivity index (χ0v) is 12.2. The second kappa shape index (κ2) is 5.29. The molecule has 0 amide bonds. The van der Waals surface area contributed by atoms with Gasteiger partial charge in [0.1, 0.15) is 5.75 Å². The zero-order chi connectivity index (χ0) is 15.0. The van der Waals surface area contributed by atoms with Crippen molar-refractivity contribution in [3.63, 3.8) is 0 Å². The van der Waals surface area contributed by atoms with Gasteiger partial charge in [-0.3, -0.25) is 0 Å². The first-order valence-electron chi connectivity index (χ1n) is 6.01. The van der Waals surface area contributed by atoms with Gasteiger partial charge in [-0.25, -0.2) is 8.78 Å². The van der Waals surface area contributed by atoms with Gasteiger partial charge in [-0.15, -0.1) is 0 Å². The molecular weight excluding hydrogens is 342 g/mol. The molecular formula is C15H9BrF2N2O. The van der Waals surface area contributed by atoms with Crippen molar-refractivity contribution in [3.05, 3.63) is 58.6 Å². The van der Waals surface area contributed by atoms with Gasteiger partial charge < -0.3 is 10.5 Å². The lowest BCUT2D eigenvalue weighted by Gasteiger charge is -2.08. The van der Waals surface area contributed by atoms with Crippen molar-refractivity contribution < 1.29 is 13.5 Å². The Balaban J connectivity index is 1.98. The lowest BCUT2D eigenvalue weighted by atomic mass is 10.1. The minimum Gasteiger partial charge on any atom is -0.436 e. The van der Waals surface area contributed by atoms with E-state index < -0.39 is 17.5 Å². The fraction of sp³-hybridized carbons (Fsp3) is 0. The van der Waals surface area contributed by atoms with Gasteiger partial charge in [0.2, 0.25) is 0 Å². The molecule has 3 aromatic rings. The number of hydrogen-bond donors (Lipinski definition) is 1. The smallest absolute Gasteiger partial charge is 0.258 e. The van der Waals surface area contributed by atoms with Crippen molar-refractivity contribution in [1.29, 1.82) is 0 Å². The van der Waals surface area contributed by atoms with Gasteiger partial charge >= 0.3 is 0 Å². The lowest BCUT2D eigenvalue weighted by Crippen LogP contribution is -2.00. The summed E-state index contributed by atoms with van der Waals surface area (Å²) in [5.41, 5.74) is 5.31. The van der Waals surface area contributed by atoms with E-state index in [2.05, 4.69) is 20.9 Å². The molecule has 0 unspecified atom stereocenters. The number of anilines is 1. The molecule has 3 nitrogen and oxygen atoms in total.